The van der Waals surface area contributed by atoms with Crippen LogP contribution in [-0.4, -0.2) is 33.7 Å². The lowest BCUT2D eigenvalue weighted by Gasteiger charge is -2.13. The molecular formula is C13H27NSi. The van der Waals surface area contributed by atoms with Gasteiger partial charge in [0.1, 0.15) is 0 Å². The zero-order valence-electron chi connectivity index (χ0n) is 10.6. The molecule has 0 amide bonds. The van der Waals surface area contributed by atoms with E-state index in [4.69, 9.17) is 0 Å². The molecule has 0 N–H and O–H groups in total. The molecule has 0 aromatic carbocycles. The van der Waals surface area contributed by atoms with E-state index in [-0.39, 0.29) is 9.52 Å². The van der Waals surface area contributed by atoms with Crippen molar-refractivity contribution in [2.45, 2.75) is 52.4 Å². The van der Waals surface area contributed by atoms with E-state index in [1.165, 1.54) is 57.8 Å². The molecule has 1 fully saturated rings. The highest BCUT2D eigenvalue weighted by molar-refractivity contribution is 6.42. The van der Waals surface area contributed by atoms with E-state index in [1.807, 2.05) is 0 Å². The Morgan fingerprint density at radius 2 is 1.73 bits per heavy atom. The Labute approximate surface area is 97.8 Å². The van der Waals surface area contributed by atoms with E-state index in [0.717, 1.165) is 0 Å². The first-order valence-corrected chi connectivity index (χ1v) is 8.58. The van der Waals surface area contributed by atoms with Gasteiger partial charge in [-0.1, -0.05) is 32.3 Å². The Bertz CT molecular complexity index is 175. The Balaban J connectivity index is 2.19. The fourth-order valence-corrected chi connectivity index (χ4v) is 4.19. The average Bonchev–Trinajstić information content (AvgIpc) is 2.71. The van der Waals surface area contributed by atoms with Gasteiger partial charge in [-0.25, -0.2) is 0 Å². The summed E-state index contributed by atoms with van der Waals surface area (Å²) in [6.07, 6.45) is 9.65. The van der Waals surface area contributed by atoms with Crippen molar-refractivity contribution in [3.8, 4) is 0 Å². The van der Waals surface area contributed by atoms with Crippen molar-refractivity contribution < 1.29 is 0 Å². The molecule has 0 spiro atoms. The number of rotatable bonds is 7. The summed E-state index contributed by atoms with van der Waals surface area (Å²) in [5.74, 6) is 0. The molecule has 1 aliphatic rings. The standard InChI is InChI=1S/C13H27NSi/c1-3-7-13(8-4-2)11-15-12-14-9-5-6-10-14/h11H,3-10,12,15H2,1-2H3. The smallest absolute Gasteiger partial charge is 0.0611 e. The van der Waals surface area contributed by atoms with E-state index < -0.39 is 0 Å². The zero-order valence-corrected chi connectivity index (χ0v) is 12.0. The monoisotopic (exact) mass is 225 g/mol. The summed E-state index contributed by atoms with van der Waals surface area (Å²) in [6.45, 7) is 7.34. The van der Waals surface area contributed by atoms with Gasteiger partial charge in [0.25, 0.3) is 0 Å². The molecule has 1 nitrogen and oxygen atoms in total. The highest BCUT2D eigenvalue weighted by Gasteiger charge is 2.09. The Hall–Kier alpha value is -0.0831. The van der Waals surface area contributed by atoms with Crippen molar-refractivity contribution in [3.05, 3.63) is 11.3 Å². The van der Waals surface area contributed by atoms with Gasteiger partial charge in [-0.15, -0.1) is 5.70 Å². The van der Waals surface area contributed by atoms with Crippen LogP contribution in [0, 0.1) is 0 Å². The van der Waals surface area contributed by atoms with Gasteiger partial charge in [0, 0.05) is 0 Å². The predicted molar refractivity (Wildman–Crippen MR) is 72.1 cm³/mol. The van der Waals surface area contributed by atoms with Crippen molar-refractivity contribution in [1.82, 2.24) is 4.90 Å². The van der Waals surface area contributed by atoms with E-state index >= 15 is 0 Å². The minimum atomic E-state index is 0.0577. The van der Waals surface area contributed by atoms with E-state index in [1.54, 1.807) is 5.57 Å². The van der Waals surface area contributed by atoms with Crippen LogP contribution in [0.5, 0.6) is 0 Å². The van der Waals surface area contributed by atoms with Crippen LogP contribution in [0.4, 0.5) is 0 Å². The van der Waals surface area contributed by atoms with Crippen LogP contribution in [0.3, 0.4) is 0 Å². The second kappa shape index (κ2) is 8.11. The molecule has 2 heteroatoms. The number of allylic oxidation sites excluding steroid dienone is 1. The van der Waals surface area contributed by atoms with E-state index in [2.05, 4.69) is 24.4 Å². The molecule has 0 saturated carbocycles. The normalized spacial score (nSPS) is 17.7. The summed E-state index contributed by atoms with van der Waals surface area (Å²) in [7, 11) is 0.0577. The maximum absolute atomic E-state index is 2.66. The van der Waals surface area contributed by atoms with Gasteiger partial charge >= 0.3 is 0 Å². The lowest BCUT2D eigenvalue weighted by molar-refractivity contribution is 0.395. The highest BCUT2D eigenvalue weighted by Crippen LogP contribution is 2.11. The topological polar surface area (TPSA) is 3.24 Å². The van der Waals surface area contributed by atoms with Gasteiger partial charge in [0.05, 0.1) is 9.52 Å². The predicted octanol–water partition coefficient (Wildman–Crippen LogP) is 2.69. The minimum absolute atomic E-state index is 0.0577. The molecule has 88 valence electrons. The van der Waals surface area contributed by atoms with Crippen molar-refractivity contribution in [2.24, 2.45) is 0 Å². The van der Waals surface area contributed by atoms with Crippen LogP contribution in [0.25, 0.3) is 0 Å². The SMILES string of the molecule is CCCC(=C[SiH2]CN1CCCC1)CCC. The van der Waals surface area contributed by atoms with Gasteiger partial charge < -0.3 is 4.90 Å². The van der Waals surface area contributed by atoms with Crippen LogP contribution in [0.2, 0.25) is 0 Å². The number of hydrogen-bond donors (Lipinski definition) is 0. The van der Waals surface area contributed by atoms with Crippen LogP contribution in [-0.2, 0) is 0 Å². The summed E-state index contributed by atoms with van der Waals surface area (Å²) in [6, 6.07) is 0. The number of likely N-dealkylation sites (tertiary alicyclic amines) is 1. The van der Waals surface area contributed by atoms with Crippen LogP contribution in [0.15, 0.2) is 11.3 Å². The molecule has 0 aromatic heterocycles. The molecule has 0 radical (unpaired) electrons. The van der Waals surface area contributed by atoms with Crippen LogP contribution >= 0.6 is 0 Å². The summed E-state index contributed by atoms with van der Waals surface area (Å²) in [4.78, 5) is 2.66. The third kappa shape index (κ3) is 5.52. The van der Waals surface area contributed by atoms with Gasteiger partial charge in [-0.3, -0.25) is 0 Å². The Morgan fingerprint density at radius 1 is 1.13 bits per heavy atom. The molecule has 1 rings (SSSR count). The van der Waals surface area contributed by atoms with Crippen molar-refractivity contribution in [3.63, 3.8) is 0 Å². The highest BCUT2D eigenvalue weighted by atomic mass is 28.2. The fourth-order valence-electron chi connectivity index (χ4n) is 2.43. The van der Waals surface area contributed by atoms with Crippen LogP contribution in [0.1, 0.15) is 52.4 Å². The van der Waals surface area contributed by atoms with Gasteiger partial charge in [-0.2, -0.15) is 0 Å². The van der Waals surface area contributed by atoms with E-state index in [0.29, 0.717) is 0 Å². The lowest BCUT2D eigenvalue weighted by atomic mass is 10.1. The lowest BCUT2D eigenvalue weighted by Crippen LogP contribution is -2.24. The molecule has 1 aliphatic heterocycles. The largest absolute Gasteiger partial charge is 0.306 e. The Morgan fingerprint density at radius 3 is 2.27 bits per heavy atom. The first-order chi connectivity index (χ1) is 7.36. The average molecular weight is 225 g/mol. The summed E-state index contributed by atoms with van der Waals surface area (Å²) in [5.41, 5.74) is 4.40. The van der Waals surface area contributed by atoms with Gasteiger partial charge in [0.15, 0.2) is 0 Å². The van der Waals surface area contributed by atoms with Crippen molar-refractivity contribution >= 4 is 9.52 Å². The first kappa shape index (κ1) is 13.0. The second-order valence-corrected chi connectivity index (χ2v) is 6.13. The molecule has 0 aliphatic carbocycles. The van der Waals surface area contributed by atoms with Gasteiger partial charge in [0.2, 0.25) is 0 Å². The maximum Gasteiger partial charge on any atom is 0.0611 e. The second-order valence-electron chi connectivity index (χ2n) is 4.70. The number of hydrogen-bond acceptors (Lipinski definition) is 1. The van der Waals surface area contributed by atoms with Crippen molar-refractivity contribution in [2.75, 3.05) is 19.3 Å². The molecule has 0 bridgehead atoms. The first-order valence-electron chi connectivity index (χ1n) is 6.77. The molecule has 0 atom stereocenters. The Kier molecular flexibility index (Phi) is 7.02. The molecule has 15 heavy (non-hydrogen) atoms. The fraction of sp³-hybridized carbons (Fsp3) is 0.846. The summed E-state index contributed by atoms with van der Waals surface area (Å²) in [5, 5.41) is 0. The quantitative estimate of drug-likeness (QED) is 0.602. The minimum Gasteiger partial charge on any atom is -0.306 e. The van der Waals surface area contributed by atoms with E-state index in [9.17, 15) is 0 Å². The zero-order chi connectivity index (χ0) is 10.9. The molecular weight excluding hydrogens is 198 g/mol. The third-order valence-corrected chi connectivity index (χ3v) is 4.98. The molecule has 0 unspecified atom stereocenters. The molecule has 0 aromatic rings. The van der Waals surface area contributed by atoms with Gasteiger partial charge in [-0.05, 0) is 44.9 Å². The van der Waals surface area contributed by atoms with Crippen LogP contribution < -0.4 is 0 Å². The molecule has 1 saturated heterocycles. The summed E-state index contributed by atoms with van der Waals surface area (Å²) < 4.78 is 0. The number of nitrogens with zero attached hydrogens (tertiary/aromatic N) is 1. The maximum atomic E-state index is 2.66. The van der Waals surface area contributed by atoms with Crippen molar-refractivity contribution in [1.29, 1.82) is 0 Å². The summed E-state index contributed by atoms with van der Waals surface area (Å²) >= 11 is 0. The molecule has 1 heterocycles. The third-order valence-electron chi connectivity index (χ3n) is 3.22.